The van der Waals surface area contributed by atoms with Gasteiger partial charge < -0.3 is 33.6 Å². The van der Waals surface area contributed by atoms with Crippen LogP contribution < -0.4 is 0 Å². The minimum absolute atomic E-state index is 0.0109. The highest BCUT2D eigenvalue weighted by molar-refractivity contribution is 7.90. The normalized spacial score (nSPS) is 21.5. The Labute approximate surface area is 386 Å². The van der Waals surface area contributed by atoms with Gasteiger partial charge in [-0.15, -0.1) is 0 Å². The van der Waals surface area contributed by atoms with Gasteiger partial charge in [0.1, 0.15) is 36.1 Å². The van der Waals surface area contributed by atoms with Crippen LogP contribution in [0.25, 0.3) is 10.9 Å². The molecular formula is C53H65NO9SSi. The Morgan fingerprint density at radius 3 is 1.66 bits per heavy atom. The van der Waals surface area contributed by atoms with Crippen molar-refractivity contribution in [1.29, 1.82) is 0 Å². The molecular weight excluding hydrogens is 855 g/mol. The van der Waals surface area contributed by atoms with E-state index in [2.05, 4.69) is 19.6 Å². The van der Waals surface area contributed by atoms with Crippen LogP contribution >= 0.6 is 0 Å². The van der Waals surface area contributed by atoms with Crippen LogP contribution in [0.15, 0.2) is 157 Å². The molecule has 1 saturated carbocycles. The summed E-state index contributed by atoms with van der Waals surface area (Å²) in [6.45, 7) is 8.25. The molecule has 1 aromatic heterocycles. The van der Waals surface area contributed by atoms with Crippen LogP contribution in [0.5, 0.6) is 0 Å². The molecule has 6 unspecified atom stereocenters. The van der Waals surface area contributed by atoms with Gasteiger partial charge in [-0.1, -0.05) is 147 Å². The monoisotopic (exact) mass is 919 g/mol. The van der Waals surface area contributed by atoms with Gasteiger partial charge in [-0.05, 0) is 85.8 Å². The van der Waals surface area contributed by atoms with Crippen LogP contribution in [-0.4, -0.2) is 80.3 Å². The van der Waals surface area contributed by atoms with Gasteiger partial charge >= 0.3 is 0 Å². The quantitative estimate of drug-likeness (QED) is 0.0451. The van der Waals surface area contributed by atoms with E-state index in [0.29, 0.717) is 17.7 Å². The van der Waals surface area contributed by atoms with Gasteiger partial charge in [0, 0.05) is 24.8 Å². The number of benzene rings is 5. The molecule has 65 heavy (non-hydrogen) atoms. The molecule has 5 aromatic carbocycles. The Balaban J connectivity index is 1.22. The highest BCUT2D eigenvalue weighted by atomic mass is 32.2. The van der Waals surface area contributed by atoms with Crippen molar-refractivity contribution >= 4 is 29.2 Å². The van der Waals surface area contributed by atoms with Gasteiger partial charge in [-0.2, -0.15) is 0 Å². The Bertz CT molecular complexity index is 2450. The number of ether oxygens (including phenoxy) is 4. The van der Waals surface area contributed by atoms with Crippen LogP contribution in [0, 0.1) is 0 Å². The average Bonchev–Trinajstić information content (AvgIpc) is 3.71. The zero-order valence-electron chi connectivity index (χ0n) is 37.9. The van der Waals surface area contributed by atoms with E-state index < -0.39 is 54.5 Å². The molecule has 346 valence electrons. The van der Waals surface area contributed by atoms with Crippen molar-refractivity contribution in [3.05, 3.63) is 174 Å². The fourth-order valence-corrected chi connectivity index (χ4v) is 10.8. The largest absolute Gasteiger partial charge is 0.418 e. The Kier molecular flexibility index (Phi) is 17.0. The fraction of sp³-hybridized carbons (Fsp3) is 0.396. The molecule has 0 spiro atoms. The lowest BCUT2D eigenvalue weighted by Crippen LogP contribution is -2.72. The summed E-state index contributed by atoms with van der Waals surface area (Å²) in [5, 5.41) is 26.8. The summed E-state index contributed by atoms with van der Waals surface area (Å²) in [6.07, 6.45) is 1.22. The number of para-hydroxylation sites is 1. The van der Waals surface area contributed by atoms with Gasteiger partial charge in [-0.3, -0.25) is 0 Å². The summed E-state index contributed by atoms with van der Waals surface area (Å²) in [5.41, 5.74) is 2.00. The molecule has 1 aliphatic rings. The van der Waals surface area contributed by atoms with Crippen LogP contribution in [0.3, 0.4) is 0 Å². The number of nitrogens with zero attached hydrogens (tertiary/aromatic N) is 1. The highest BCUT2D eigenvalue weighted by Crippen LogP contribution is 2.42. The van der Waals surface area contributed by atoms with E-state index in [1.807, 2.05) is 109 Å². The van der Waals surface area contributed by atoms with E-state index >= 15 is 0 Å². The second-order valence-corrected chi connectivity index (χ2v) is 24.4. The predicted molar refractivity (Wildman–Crippen MR) is 257 cm³/mol. The number of aryl methyl sites for hydroxylation is 1. The van der Waals surface area contributed by atoms with Gasteiger partial charge in [0.2, 0.25) is 0 Å². The summed E-state index contributed by atoms with van der Waals surface area (Å²) >= 11 is 0. The number of aliphatic hydroxyl groups excluding tert-OH is 1. The first-order valence-corrected chi connectivity index (χ1v) is 27.8. The lowest BCUT2D eigenvalue weighted by molar-refractivity contribution is -0.307. The standard InChI is InChI=1S/C53H65NO9SSi/c1-65(2,3)63-36-22-6-4-5-21-35-59-49-48(60-38-41-23-11-7-12-24-41)50(61-39-42-25-13-8-14-26-42)52(62-40-43-27-15-9-16-28-43)53(56,51(49)55)34-33-44-37-54(47-32-20-19-31-46(44)47)64(57,58)45-29-17-10-18-30-45/h7-20,23-32,37,48-52,55-56H,4-6,21-22,33-36,38-40H2,1-3H3. The lowest BCUT2D eigenvalue weighted by atomic mass is 9.71. The molecule has 2 N–H and O–H groups in total. The van der Waals surface area contributed by atoms with E-state index in [0.717, 1.165) is 60.8 Å². The maximum Gasteiger partial charge on any atom is 0.268 e. The molecule has 0 bridgehead atoms. The van der Waals surface area contributed by atoms with Crippen LogP contribution in [-0.2, 0) is 59.6 Å². The van der Waals surface area contributed by atoms with Crippen molar-refractivity contribution in [2.24, 2.45) is 0 Å². The fourth-order valence-electron chi connectivity index (χ4n) is 8.65. The van der Waals surface area contributed by atoms with Crippen LogP contribution in [0.1, 0.15) is 60.8 Å². The zero-order valence-corrected chi connectivity index (χ0v) is 39.7. The number of aromatic nitrogens is 1. The summed E-state index contributed by atoms with van der Waals surface area (Å²) in [5.74, 6) is 0. The first-order valence-electron chi connectivity index (χ1n) is 23.0. The summed E-state index contributed by atoms with van der Waals surface area (Å²) in [4.78, 5) is 0.166. The smallest absolute Gasteiger partial charge is 0.268 e. The molecule has 0 aliphatic heterocycles. The number of hydrogen-bond donors (Lipinski definition) is 2. The molecule has 1 aliphatic carbocycles. The third kappa shape index (κ3) is 12.7. The topological polar surface area (TPSA) is 126 Å². The predicted octanol–water partition coefficient (Wildman–Crippen LogP) is 9.86. The van der Waals surface area contributed by atoms with Crippen LogP contribution in [0.2, 0.25) is 19.6 Å². The van der Waals surface area contributed by atoms with Crippen molar-refractivity contribution in [2.75, 3.05) is 13.2 Å². The highest BCUT2D eigenvalue weighted by Gasteiger charge is 2.61. The van der Waals surface area contributed by atoms with Crippen molar-refractivity contribution in [1.82, 2.24) is 3.97 Å². The molecule has 6 atom stereocenters. The van der Waals surface area contributed by atoms with Gasteiger partial charge in [0.25, 0.3) is 10.0 Å². The average molecular weight is 920 g/mol. The molecule has 10 nitrogen and oxygen atoms in total. The summed E-state index contributed by atoms with van der Waals surface area (Å²) in [7, 11) is -5.51. The van der Waals surface area contributed by atoms with Gasteiger partial charge in [0.05, 0.1) is 30.2 Å². The van der Waals surface area contributed by atoms with Crippen molar-refractivity contribution in [3.63, 3.8) is 0 Å². The first kappa shape index (κ1) is 48.5. The van der Waals surface area contributed by atoms with Gasteiger partial charge in [0.15, 0.2) is 8.32 Å². The van der Waals surface area contributed by atoms with E-state index in [1.54, 1.807) is 42.6 Å². The Hall–Kier alpha value is -4.47. The number of aliphatic hydroxyl groups is 2. The van der Waals surface area contributed by atoms with E-state index in [-0.39, 0.29) is 37.6 Å². The zero-order chi connectivity index (χ0) is 45.7. The van der Waals surface area contributed by atoms with E-state index in [1.165, 1.54) is 3.97 Å². The van der Waals surface area contributed by atoms with Crippen molar-refractivity contribution in [2.45, 2.75) is 125 Å². The minimum atomic E-state index is -3.96. The number of fused-ring (bicyclic) bond motifs is 1. The Morgan fingerprint density at radius 1 is 0.585 bits per heavy atom. The van der Waals surface area contributed by atoms with Crippen LogP contribution in [0.4, 0.5) is 0 Å². The molecule has 12 heteroatoms. The van der Waals surface area contributed by atoms with Crippen molar-refractivity contribution in [3.8, 4) is 0 Å². The van der Waals surface area contributed by atoms with E-state index in [4.69, 9.17) is 23.4 Å². The first-order chi connectivity index (χ1) is 31.4. The number of unbranched alkanes of at least 4 members (excludes halogenated alkanes) is 4. The van der Waals surface area contributed by atoms with Crippen molar-refractivity contribution < 1.29 is 42.0 Å². The third-order valence-electron chi connectivity index (χ3n) is 12.1. The molecule has 0 radical (unpaired) electrons. The molecule has 0 saturated heterocycles. The SMILES string of the molecule is C[Si](C)(C)OCCCCCCCOC1C(OCc2ccccc2)C(OCc2ccccc2)C(OCc2ccccc2)C(O)(CCc2cn(S(=O)(=O)c3ccccc3)c3ccccc23)C1O. The second kappa shape index (κ2) is 22.8. The van der Waals surface area contributed by atoms with Gasteiger partial charge in [-0.25, -0.2) is 12.4 Å². The molecule has 0 amide bonds. The number of rotatable bonds is 24. The lowest BCUT2D eigenvalue weighted by Gasteiger charge is -2.53. The molecule has 1 heterocycles. The molecule has 1 fully saturated rings. The summed E-state index contributed by atoms with van der Waals surface area (Å²) in [6, 6.07) is 45.0. The maximum absolute atomic E-state index is 14.1. The summed E-state index contributed by atoms with van der Waals surface area (Å²) < 4.78 is 62.7. The maximum atomic E-state index is 14.1. The Morgan fingerprint density at radius 2 is 1.08 bits per heavy atom. The third-order valence-corrected chi connectivity index (χ3v) is 14.9. The number of hydrogen-bond acceptors (Lipinski definition) is 9. The molecule has 7 rings (SSSR count). The molecule has 6 aromatic rings. The minimum Gasteiger partial charge on any atom is -0.418 e. The second-order valence-electron chi connectivity index (χ2n) is 18.0. The van der Waals surface area contributed by atoms with E-state index in [9.17, 15) is 18.6 Å².